The molecule has 2 amide bonds. The van der Waals surface area contributed by atoms with Gasteiger partial charge >= 0.3 is 0 Å². The van der Waals surface area contributed by atoms with E-state index >= 15 is 0 Å². The summed E-state index contributed by atoms with van der Waals surface area (Å²) in [6.45, 7) is 12.0. The molecule has 1 aliphatic rings. The third kappa shape index (κ3) is 9.42. The van der Waals surface area contributed by atoms with Gasteiger partial charge in [-0.3, -0.25) is 9.59 Å². The minimum absolute atomic E-state index is 0.0517. The summed E-state index contributed by atoms with van der Waals surface area (Å²) in [5.74, 6) is -0.184. The molecular formula is C15H30N4O2. The molecule has 1 fully saturated rings. The van der Waals surface area contributed by atoms with E-state index in [2.05, 4.69) is 20.9 Å². The van der Waals surface area contributed by atoms with Crippen LogP contribution in [0.2, 0.25) is 0 Å². The molecule has 1 aliphatic heterocycles. The number of carbonyl (C=O) groups is 2. The molecule has 0 bridgehead atoms. The van der Waals surface area contributed by atoms with Gasteiger partial charge in [-0.05, 0) is 18.4 Å². The van der Waals surface area contributed by atoms with Gasteiger partial charge in [-0.2, -0.15) is 0 Å². The van der Waals surface area contributed by atoms with Crippen molar-refractivity contribution in [3.63, 3.8) is 0 Å². The highest BCUT2D eigenvalue weighted by atomic mass is 16.2. The molecule has 0 aromatic heterocycles. The molecule has 21 heavy (non-hydrogen) atoms. The van der Waals surface area contributed by atoms with Crippen molar-refractivity contribution in [2.24, 2.45) is 5.41 Å². The van der Waals surface area contributed by atoms with Gasteiger partial charge in [0.25, 0.3) is 0 Å². The van der Waals surface area contributed by atoms with Gasteiger partial charge in [-0.15, -0.1) is 0 Å². The number of rotatable bonds is 7. The number of hydrogen-bond donors (Lipinski definition) is 3. The van der Waals surface area contributed by atoms with Gasteiger partial charge in [-0.1, -0.05) is 20.8 Å². The zero-order chi connectivity index (χ0) is 15.7. The Bertz CT molecular complexity index is 333. The lowest BCUT2D eigenvalue weighted by Gasteiger charge is -2.27. The van der Waals surface area contributed by atoms with E-state index in [1.165, 1.54) is 0 Å². The Morgan fingerprint density at radius 1 is 1.10 bits per heavy atom. The lowest BCUT2D eigenvalue weighted by Crippen LogP contribution is -2.44. The molecule has 1 saturated heterocycles. The predicted octanol–water partition coefficient (Wildman–Crippen LogP) is -0.0497. The molecule has 1 heterocycles. The van der Waals surface area contributed by atoms with E-state index in [4.69, 9.17) is 0 Å². The number of piperazine rings is 1. The molecule has 0 radical (unpaired) electrons. The molecule has 0 aliphatic carbocycles. The van der Waals surface area contributed by atoms with Gasteiger partial charge < -0.3 is 20.9 Å². The first kappa shape index (κ1) is 17.9. The van der Waals surface area contributed by atoms with Gasteiger partial charge in [0, 0.05) is 39.1 Å². The second-order valence-electron chi connectivity index (χ2n) is 6.81. The van der Waals surface area contributed by atoms with E-state index in [1.807, 2.05) is 20.8 Å². The lowest BCUT2D eigenvalue weighted by atomic mass is 9.92. The van der Waals surface area contributed by atoms with Crippen LogP contribution in [0.5, 0.6) is 0 Å². The molecule has 0 atom stereocenters. The van der Waals surface area contributed by atoms with Gasteiger partial charge in [0.2, 0.25) is 11.8 Å². The maximum atomic E-state index is 11.6. The number of nitrogens with zero attached hydrogens (tertiary/aromatic N) is 1. The highest BCUT2D eigenvalue weighted by Gasteiger charge is 2.16. The van der Waals surface area contributed by atoms with Crippen molar-refractivity contribution in [3.8, 4) is 0 Å². The monoisotopic (exact) mass is 298 g/mol. The zero-order valence-corrected chi connectivity index (χ0v) is 13.6. The summed E-state index contributed by atoms with van der Waals surface area (Å²) >= 11 is 0. The quantitative estimate of drug-likeness (QED) is 0.576. The van der Waals surface area contributed by atoms with Crippen LogP contribution in [0.4, 0.5) is 0 Å². The Labute approximate surface area is 128 Å². The molecular weight excluding hydrogens is 268 g/mol. The average Bonchev–Trinajstić information content (AvgIpc) is 2.41. The summed E-state index contributed by atoms with van der Waals surface area (Å²) in [7, 11) is 0. The smallest absolute Gasteiger partial charge is 0.239 e. The van der Waals surface area contributed by atoms with Gasteiger partial charge in [0.1, 0.15) is 0 Å². The summed E-state index contributed by atoms with van der Waals surface area (Å²) < 4.78 is 0. The van der Waals surface area contributed by atoms with Crippen LogP contribution < -0.4 is 16.0 Å². The summed E-state index contributed by atoms with van der Waals surface area (Å²) in [6.07, 6.45) is 1.38. The maximum absolute atomic E-state index is 11.6. The number of amides is 2. The van der Waals surface area contributed by atoms with Crippen LogP contribution >= 0.6 is 0 Å². The summed E-state index contributed by atoms with van der Waals surface area (Å²) in [6, 6.07) is 0. The van der Waals surface area contributed by atoms with E-state index in [0.717, 1.165) is 39.1 Å². The second-order valence-corrected chi connectivity index (χ2v) is 6.81. The summed E-state index contributed by atoms with van der Waals surface area (Å²) in [5, 5.41) is 8.82. The minimum atomic E-state index is -0.113. The van der Waals surface area contributed by atoms with E-state index < -0.39 is 0 Å². The van der Waals surface area contributed by atoms with Crippen LogP contribution in [-0.4, -0.2) is 62.5 Å². The van der Waals surface area contributed by atoms with Crippen LogP contribution in [0.15, 0.2) is 0 Å². The summed E-state index contributed by atoms with van der Waals surface area (Å²) in [5.41, 5.74) is -0.0517. The lowest BCUT2D eigenvalue weighted by molar-refractivity contribution is -0.127. The van der Waals surface area contributed by atoms with Gasteiger partial charge in [0.05, 0.1) is 6.54 Å². The SMILES string of the molecule is CC(C)(C)CC(=O)NCC(=O)NCCCN1CCNCC1. The third-order valence-electron chi connectivity index (χ3n) is 3.32. The molecule has 122 valence electrons. The number of carbonyl (C=O) groups excluding carboxylic acids is 2. The standard InChI is InChI=1S/C15H30N4O2/c1-15(2,3)11-13(20)18-12-14(21)17-5-4-8-19-9-6-16-7-10-19/h16H,4-12H2,1-3H3,(H,17,21)(H,18,20). The molecule has 0 unspecified atom stereocenters. The van der Waals surface area contributed by atoms with Crippen molar-refractivity contribution in [2.45, 2.75) is 33.6 Å². The van der Waals surface area contributed by atoms with Crippen molar-refractivity contribution in [2.75, 3.05) is 45.8 Å². The van der Waals surface area contributed by atoms with E-state index in [1.54, 1.807) is 0 Å². The number of hydrogen-bond acceptors (Lipinski definition) is 4. The first-order valence-electron chi connectivity index (χ1n) is 7.83. The fraction of sp³-hybridized carbons (Fsp3) is 0.867. The molecule has 6 nitrogen and oxygen atoms in total. The van der Waals surface area contributed by atoms with Crippen molar-refractivity contribution >= 4 is 11.8 Å². The fourth-order valence-electron chi connectivity index (χ4n) is 2.25. The molecule has 3 N–H and O–H groups in total. The Hall–Kier alpha value is -1.14. The van der Waals surface area contributed by atoms with Crippen LogP contribution in [-0.2, 0) is 9.59 Å². The Balaban J connectivity index is 2.02. The predicted molar refractivity (Wildman–Crippen MR) is 84.0 cm³/mol. The minimum Gasteiger partial charge on any atom is -0.355 e. The van der Waals surface area contributed by atoms with Crippen molar-refractivity contribution < 1.29 is 9.59 Å². The Morgan fingerprint density at radius 3 is 2.38 bits per heavy atom. The Kier molecular flexibility index (Phi) is 7.67. The first-order valence-corrected chi connectivity index (χ1v) is 7.83. The Morgan fingerprint density at radius 2 is 1.76 bits per heavy atom. The van der Waals surface area contributed by atoms with E-state index in [0.29, 0.717) is 13.0 Å². The maximum Gasteiger partial charge on any atom is 0.239 e. The van der Waals surface area contributed by atoms with E-state index in [-0.39, 0.29) is 23.8 Å². The molecule has 0 aromatic rings. The molecule has 1 rings (SSSR count). The van der Waals surface area contributed by atoms with Crippen LogP contribution in [0.3, 0.4) is 0 Å². The van der Waals surface area contributed by atoms with Crippen LogP contribution in [0.25, 0.3) is 0 Å². The van der Waals surface area contributed by atoms with Gasteiger partial charge in [-0.25, -0.2) is 0 Å². The molecule has 0 aromatic carbocycles. The van der Waals surface area contributed by atoms with Crippen LogP contribution in [0, 0.1) is 5.41 Å². The average molecular weight is 298 g/mol. The fourth-order valence-corrected chi connectivity index (χ4v) is 2.25. The van der Waals surface area contributed by atoms with Gasteiger partial charge in [0.15, 0.2) is 0 Å². The van der Waals surface area contributed by atoms with Crippen molar-refractivity contribution in [3.05, 3.63) is 0 Å². The first-order chi connectivity index (χ1) is 9.87. The van der Waals surface area contributed by atoms with E-state index in [9.17, 15) is 9.59 Å². The normalized spacial score (nSPS) is 16.5. The number of nitrogens with one attached hydrogen (secondary N) is 3. The van der Waals surface area contributed by atoms with Crippen molar-refractivity contribution in [1.29, 1.82) is 0 Å². The highest BCUT2D eigenvalue weighted by Crippen LogP contribution is 2.17. The highest BCUT2D eigenvalue weighted by molar-refractivity contribution is 5.84. The van der Waals surface area contributed by atoms with Crippen LogP contribution in [0.1, 0.15) is 33.6 Å². The second kappa shape index (κ2) is 9.00. The largest absolute Gasteiger partial charge is 0.355 e. The third-order valence-corrected chi connectivity index (χ3v) is 3.32. The molecule has 0 saturated carbocycles. The summed E-state index contributed by atoms with van der Waals surface area (Å²) in [4.78, 5) is 25.6. The van der Waals surface area contributed by atoms with Crippen molar-refractivity contribution in [1.82, 2.24) is 20.9 Å². The topological polar surface area (TPSA) is 73.5 Å². The molecule has 0 spiro atoms. The zero-order valence-electron chi connectivity index (χ0n) is 13.6. The molecule has 6 heteroatoms.